The fraction of sp³-hybridized carbons (Fsp3) is 0.409. The number of nitrogens with one attached hydrogen (secondary N) is 2. The minimum absolute atomic E-state index is 0.420. The van der Waals surface area contributed by atoms with Gasteiger partial charge in [-0.2, -0.15) is 0 Å². The van der Waals surface area contributed by atoms with Crippen molar-refractivity contribution in [3.8, 4) is 5.75 Å². The molecule has 5 heteroatoms. The molecule has 0 heterocycles. The van der Waals surface area contributed by atoms with Crippen molar-refractivity contribution in [2.24, 2.45) is 0 Å². The largest absolute Gasteiger partial charge is 0.412 e. The molecule has 2 rings (SSSR count). The molecule has 2 N–H and O–H groups in total. The molecule has 0 bridgehead atoms. The van der Waals surface area contributed by atoms with Gasteiger partial charge in [0.05, 0.1) is 0 Å². The van der Waals surface area contributed by atoms with Gasteiger partial charge in [0.25, 0.3) is 0 Å². The molecule has 1 amide bonds. The SMILES string of the molecule is CCCCN(CCNCCNC(=O)Oc1ccccc1)Cc1ccccc1. The number of carbonyl (C=O) groups excluding carboxylic acids is 1. The average Bonchev–Trinajstić information content (AvgIpc) is 2.70. The Balaban J connectivity index is 1.59. The van der Waals surface area contributed by atoms with Crippen molar-refractivity contribution in [1.82, 2.24) is 15.5 Å². The fourth-order valence-corrected chi connectivity index (χ4v) is 2.74. The molecule has 0 fully saturated rings. The Morgan fingerprint density at radius 3 is 2.33 bits per heavy atom. The summed E-state index contributed by atoms with van der Waals surface area (Å²) in [6.07, 6.45) is 1.99. The van der Waals surface area contributed by atoms with E-state index in [1.807, 2.05) is 18.2 Å². The lowest BCUT2D eigenvalue weighted by Gasteiger charge is -2.22. The van der Waals surface area contributed by atoms with E-state index in [-0.39, 0.29) is 0 Å². The number of rotatable bonds is 12. The number of hydrogen-bond acceptors (Lipinski definition) is 4. The van der Waals surface area contributed by atoms with Crippen LogP contribution in [0, 0.1) is 0 Å². The third-order valence-electron chi connectivity index (χ3n) is 4.21. The summed E-state index contributed by atoms with van der Waals surface area (Å²) in [5.41, 5.74) is 1.35. The van der Waals surface area contributed by atoms with Crippen molar-refractivity contribution >= 4 is 6.09 Å². The number of amides is 1. The number of hydrogen-bond donors (Lipinski definition) is 2. The molecule has 146 valence electrons. The quantitative estimate of drug-likeness (QED) is 0.561. The van der Waals surface area contributed by atoms with Crippen molar-refractivity contribution in [3.63, 3.8) is 0 Å². The van der Waals surface area contributed by atoms with E-state index in [0.717, 1.165) is 32.7 Å². The fourth-order valence-electron chi connectivity index (χ4n) is 2.74. The van der Waals surface area contributed by atoms with E-state index in [1.54, 1.807) is 12.1 Å². The lowest BCUT2D eigenvalue weighted by Crippen LogP contribution is -2.37. The Morgan fingerprint density at radius 1 is 0.926 bits per heavy atom. The van der Waals surface area contributed by atoms with Gasteiger partial charge in [-0.25, -0.2) is 4.79 Å². The van der Waals surface area contributed by atoms with E-state index in [2.05, 4.69) is 52.8 Å². The first-order valence-electron chi connectivity index (χ1n) is 9.75. The highest BCUT2D eigenvalue weighted by Gasteiger charge is 2.06. The maximum atomic E-state index is 11.7. The summed E-state index contributed by atoms with van der Waals surface area (Å²) < 4.78 is 5.18. The highest BCUT2D eigenvalue weighted by atomic mass is 16.6. The zero-order valence-corrected chi connectivity index (χ0v) is 16.2. The standard InChI is InChI=1S/C22H31N3O2/c1-2-3-17-25(19-20-10-6-4-7-11-20)18-16-23-14-15-24-22(26)27-21-12-8-5-9-13-21/h4-13,23H,2-3,14-19H2,1H3,(H,24,26). The Morgan fingerprint density at radius 2 is 1.63 bits per heavy atom. The summed E-state index contributed by atoms with van der Waals surface area (Å²) in [4.78, 5) is 14.2. The predicted molar refractivity (Wildman–Crippen MR) is 110 cm³/mol. The molecule has 0 atom stereocenters. The molecule has 2 aromatic carbocycles. The lowest BCUT2D eigenvalue weighted by atomic mass is 10.2. The van der Waals surface area contributed by atoms with E-state index in [1.165, 1.54) is 18.4 Å². The van der Waals surface area contributed by atoms with Crippen LogP contribution in [0.2, 0.25) is 0 Å². The van der Waals surface area contributed by atoms with E-state index < -0.39 is 6.09 Å². The minimum atomic E-state index is -0.420. The molecule has 0 aromatic heterocycles. The van der Waals surface area contributed by atoms with Gasteiger partial charge >= 0.3 is 6.09 Å². The summed E-state index contributed by atoms with van der Waals surface area (Å²) >= 11 is 0. The van der Waals surface area contributed by atoms with Crippen molar-refractivity contribution in [2.45, 2.75) is 26.3 Å². The topological polar surface area (TPSA) is 53.6 Å². The van der Waals surface area contributed by atoms with Crippen molar-refractivity contribution in [3.05, 3.63) is 66.2 Å². The average molecular weight is 370 g/mol. The number of unbranched alkanes of at least 4 members (excludes halogenated alkanes) is 1. The maximum Gasteiger partial charge on any atom is 0.412 e. The van der Waals surface area contributed by atoms with Gasteiger partial charge in [0, 0.05) is 32.7 Å². The molecular formula is C22H31N3O2. The van der Waals surface area contributed by atoms with Gasteiger partial charge in [-0.05, 0) is 30.7 Å². The molecule has 0 saturated carbocycles. The summed E-state index contributed by atoms with van der Waals surface area (Å²) in [6.45, 7) is 7.45. The molecule has 0 aliphatic rings. The maximum absolute atomic E-state index is 11.7. The molecular weight excluding hydrogens is 338 g/mol. The third-order valence-corrected chi connectivity index (χ3v) is 4.21. The number of ether oxygens (including phenoxy) is 1. The van der Waals surface area contributed by atoms with Gasteiger partial charge < -0.3 is 15.4 Å². The van der Waals surface area contributed by atoms with Crippen LogP contribution in [0.1, 0.15) is 25.3 Å². The van der Waals surface area contributed by atoms with Crippen LogP contribution in [0.25, 0.3) is 0 Å². The molecule has 27 heavy (non-hydrogen) atoms. The Kier molecular flexibility index (Phi) is 10.0. The zero-order valence-electron chi connectivity index (χ0n) is 16.2. The minimum Gasteiger partial charge on any atom is -0.410 e. The van der Waals surface area contributed by atoms with E-state index in [0.29, 0.717) is 12.3 Å². The van der Waals surface area contributed by atoms with Gasteiger partial charge in [-0.15, -0.1) is 0 Å². The van der Waals surface area contributed by atoms with Gasteiger partial charge in [0.1, 0.15) is 5.75 Å². The van der Waals surface area contributed by atoms with Gasteiger partial charge in [0.15, 0.2) is 0 Å². The van der Waals surface area contributed by atoms with Crippen LogP contribution in [0.4, 0.5) is 4.79 Å². The van der Waals surface area contributed by atoms with E-state index in [9.17, 15) is 4.79 Å². The third kappa shape index (κ3) is 9.22. The van der Waals surface area contributed by atoms with Crippen LogP contribution in [0.15, 0.2) is 60.7 Å². The smallest absolute Gasteiger partial charge is 0.410 e. The second-order valence-corrected chi connectivity index (χ2v) is 6.49. The monoisotopic (exact) mass is 369 g/mol. The first-order valence-corrected chi connectivity index (χ1v) is 9.75. The van der Waals surface area contributed by atoms with Gasteiger partial charge in [-0.3, -0.25) is 4.90 Å². The second-order valence-electron chi connectivity index (χ2n) is 6.49. The summed E-state index contributed by atoms with van der Waals surface area (Å²) in [5, 5.41) is 6.14. The molecule has 0 unspecified atom stereocenters. The summed E-state index contributed by atoms with van der Waals surface area (Å²) in [7, 11) is 0. The number of para-hydroxylation sites is 1. The first-order chi connectivity index (χ1) is 13.3. The van der Waals surface area contributed by atoms with E-state index >= 15 is 0 Å². The highest BCUT2D eigenvalue weighted by molar-refractivity contribution is 5.70. The van der Waals surface area contributed by atoms with Crippen molar-refractivity contribution in [1.29, 1.82) is 0 Å². The lowest BCUT2D eigenvalue weighted by molar-refractivity contribution is 0.200. The van der Waals surface area contributed by atoms with Crippen molar-refractivity contribution in [2.75, 3.05) is 32.7 Å². The van der Waals surface area contributed by atoms with Gasteiger partial charge in [-0.1, -0.05) is 61.9 Å². The molecule has 0 radical (unpaired) electrons. The zero-order chi connectivity index (χ0) is 19.2. The first kappa shape index (κ1) is 20.9. The van der Waals surface area contributed by atoms with E-state index in [4.69, 9.17) is 4.74 Å². The summed E-state index contributed by atoms with van der Waals surface area (Å²) in [5.74, 6) is 0.551. The second kappa shape index (κ2) is 12.9. The molecule has 0 aliphatic heterocycles. The Labute approximate surface area is 162 Å². The van der Waals surface area contributed by atoms with Crippen molar-refractivity contribution < 1.29 is 9.53 Å². The predicted octanol–water partition coefficient (Wildman–Crippen LogP) is 3.67. The van der Waals surface area contributed by atoms with Crippen LogP contribution >= 0.6 is 0 Å². The van der Waals surface area contributed by atoms with Crippen LogP contribution < -0.4 is 15.4 Å². The molecule has 0 saturated heterocycles. The molecule has 2 aromatic rings. The van der Waals surface area contributed by atoms with Gasteiger partial charge in [0.2, 0.25) is 0 Å². The van der Waals surface area contributed by atoms with Crippen LogP contribution in [0.3, 0.4) is 0 Å². The van der Waals surface area contributed by atoms with Crippen LogP contribution in [-0.4, -0.2) is 43.7 Å². The number of nitrogens with zero attached hydrogens (tertiary/aromatic N) is 1. The number of benzene rings is 2. The molecule has 0 spiro atoms. The number of carbonyl (C=O) groups is 1. The summed E-state index contributed by atoms with van der Waals surface area (Å²) in [6, 6.07) is 19.7. The molecule has 5 nitrogen and oxygen atoms in total. The Bertz CT molecular complexity index is 635. The normalized spacial score (nSPS) is 10.7. The van der Waals surface area contributed by atoms with Crippen LogP contribution in [0.5, 0.6) is 5.75 Å². The highest BCUT2D eigenvalue weighted by Crippen LogP contribution is 2.08. The Hall–Kier alpha value is -2.37. The molecule has 0 aliphatic carbocycles. The van der Waals surface area contributed by atoms with Crippen LogP contribution in [-0.2, 0) is 6.54 Å².